The van der Waals surface area contributed by atoms with Crippen LogP contribution in [0, 0.1) is 12.8 Å². The van der Waals surface area contributed by atoms with Crippen LogP contribution in [0.4, 0.5) is 0 Å². The van der Waals surface area contributed by atoms with Crippen LogP contribution in [0.3, 0.4) is 0 Å². The summed E-state index contributed by atoms with van der Waals surface area (Å²) < 4.78 is 2.74. The highest BCUT2D eigenvalue weighted by Gasteiger charge is 2.27. The van der Waals surface area contributed by atoms with Gasteiger partial charge in [-0.05, 0) is 72.8 Å². The normalized spacial score (nSPS) is 15.8. The molecule has 1 aliphatic carbocycles. The number of nitrogens with one attached hydrogen (secondary N) is 1. The van der Waals surface area contributed by atoms with E-state index in [2.05, 4.69) is 28.2 Å². The molecule has 1 aromatic carbocycles. The fourth-order valence-electron chi connectivity index (χ4n) is 4.29. The van der Waals surface area contributed by atoms with Crippen LogP contribution in [0.5, 0.6) is 0 Å². The van der Waals surface area contributed by atoms with Gasteiger partial charge in [0.25, 0.3) is 5.91 Å². The Bertz CT molecular complexity index is 1100. The number of nitrogens with zero attached hydrogens (tertiary/aromatic N) is 2. The summed E-state index contributed by atoms with van der Waals surface area (Å²) in [5.74, 6) is 0.384. The second-order valence-electron chi connectivity index (χ2n) is 8.12. The Kier molecular flexibility index (Phi) is 7.11. The standard InChI is InChI=1S/C23H24BrCl2N3OS/c1-13-21(23(30)27-14(2)15-6-4-3-5-7-15)28-29(19-9-8-17(25)11-18(19)26)22(13)20-10-16(24)12-31-20/h8-12,14-15H,3-7H2,1-2H3,(H,27,30). The minimum Gasteiger partial charge on any atom is -0.348 e. The van der Waals surface area contributed by atoms with Gasteiger partial charge in [0, 0.05) is 26.5 Å². The van der Waals surface area contributed by atoms with Crippen molar-refractivity contribution in [2.75, 3.05) is 0 Å². The summed E-state index contributed by atoms with van der Waals surface area (Å²) in [6.07, 6.45) is 6.12. The maximum absolute atomic E-state index is 13.2. The van der Waals surface area contributed by atoms with Gasteiger partial charge in [0.2, 0.25) is 0 Å². The van der Waals surface area contributed by atoms with Crippen molar-refractivity contribution in [3.63, 3.8) is 0 Å². The van der Waals surface area contributed by atoms with E-state index in [1.807, 2.05) is 24.4 Å². The molecule has 0 aliphatic heterocycles. The van der Waals surface area contributed by atoms with Crippen molar-refractivity contribution < 1.29 is 4.79 Å². The highest BCUT2D eigenvalue weighted by atomic mass is 79.9. The van der Waals surface area contributed by atoms with E-state index < -0.39 is 0 Å². The summed E-state index contributed by atoms with van der Waals surface area (Å²) >= 11 is 17.7. The number of carbonyl (C=O) groups is 1. The number of benzene rings is 1. The van der Waals surface area contributed by atoms with E-state index in [1.54, 1.807) is 28.2 Å². The zero-order valence-electron chi connectivity index (χ0n) is 17.4. The Morgan fingerprint density at radius 1 is 1.26 bits per heavy atom. The maximum Gasteiger partial charge on any atom is 0.272 e. The minimum atomic E-state index is -0.142. The second kappa shape index (κ2) is 9.65. The van der Waals surface area contributed by atoms with Gasteiger partial charge in [0.15, 0.2) is 5.69 Å². The predicted octanol–water partition coefficient (Wildman–Crippen LogP) is 7.68. The van der Waals surface area contributed by atoms with Crippen molar-refractivity contribution in [3.05, 3.63) is 55.4 Å². The van der Waals surface area contributed by atoms with Crippen molar-refractivity contribution in [1.82, 2.24) is 15.1 Å². The van der Waals surface area contributed by atoms with E-state index in [0.29, 0.717) is 27.3 Å². The summed E-state index contributed by atoms with van der Waals surface area (Å²) in [5.41, 5.74) is 2.80. The lowest BCUT2D eigenvalue weighted by Gasteiger charge is -2.28. The first-order chi connectivity index (χ1) is 14.8. The van der Waals surface area contributed by atoms with Gasteiger partial charge in [0.05, 0.1) is 21.3 Å². The zero-order valence-corrected chi connectivity index (χ0v) is 21.3. The van der Waals surface area contributed by atoms with Crippen molar-refractivity contribution in [2.45, 2.75) is 52.0 Å². The Labute approximate surface area is 205 Å². The maximum atomic E-state index is 13.2. The number of rotatable bonds is 5. The first-order valence-corrected chi connectivity index (χ1v) is 12.9. The van der Waals surface area contributed by atoms with E-state index in [-0.39, 0.29) is 11.9 Å². The van der Waals surface area contributed by atoms with Crippen molar-refractivity contribution >= 4 is 56.4 Å². The minimum absolute atomic E-state index is 0.121. The molecule has 31 heavy (non-hydrogen) atoms. The average molecular weight is 541 g/mol. The first kappa shape index (κ1) is 22.8. The van der Waals surface area contributed by atoms with Crippen LogP contribution in [-0.4, -0.2) is 21.7 Å². The van der Waals surface area contributed by atoms with E-state index in [1.165, 1.54) is 32.1 Å². The van der Waals surface area contributed by atoms with Gasteiger partial charge in [-0.1, -0.05) is 42.5 Å². The van der Waals surface area contributed by atoms with Crippen molar-refractivity contribution in [2.24, 2.45) is 5.92 Å². The number of aromatic nitrogens is 2. The molecule has 1 atom stereocenters. The molecule has 4 rings (SSSR count). The molecule has 0 spiro atoms. The summed E-state index contributed by atoms with van der Waals surface area (Å²) in [6.45, 7) is 4.05. The molecule has 3 aromatic rings. The highest BCUT2D eigenvalue weighted by molar-refractivity contribution is 9.10. The lowest BCUT2D eigenvalue weighted by atomic mass is 9.84. The largest absolute Gasteiger partial charge is 0.348 e. The lowest BCUT2D eigenvalue weighted by Crippen LogP contribution is -2.39. The van der Waals surface area contributed by atoms with Gasteiger partial charge < -0.3 is 5.32 Å². The molecule has 2 heterocycles. The van der Waals surface area contributed by atoms with Crippen LogP contribution >= 0.6 is 50.5 Å². The number of thiophene rings is 1. The Morgan fingerprint density at radius 3 is 2.65 bits per heavy atom. The zero-order chi connectivity index (χ0) is 22.1. The van der Waals surface area contributed by atoms with Crippen molar-refractivity contribution in [3.8, 4) is 16.3 Å². The molecule has 164 valence electrons. The number of hydrogen-bond donors (Lipinski definition) is 1. The van der Waals surface area contributed by atoms with E-state index in [4.69, 9.17) is 28.3 Å². The van der Waals surface area contributed by atoms with Gasteiger partial charge in [-0.25, -0.2) is 4.68 Å². The molecule has 1 saturated carbocycles. The second-order valence-corrected chi connectivity index (χ2v) is 10.8. The smallest absolute Gasteiger partial charge is 0.272 e. The topological polar surface area (TPSA) is 46.9 Å². The molecule has 1 N–H and O–H groups in total. The molecule has 1 amide bonds. The summed E-state index contributed by atoms with van der Waals surface area (Å²) in [6, 6.07) is 7.44. The molecular formula is C23H24BrCl2N3OS. The predicted molar refractivity (Wildman–Crippen MR) is 133 cm³/mol. The van der Waals surface area contributed by atoms with E-state index in [9.17, 15) is 4.79 Å². The number of amides is 1. The molecule has 0 bridgehead atoms. The first-order valence-electron chi connectivity index (χ1n) is 10.5. The molecule has 8 heteroatoms. The van der Waals surface area contributed by atoms with Crippen LogP contribution in [0.15, 0.2) is 34.1 Å². The highest BCUT2D eigenvalue weighted by Crippen LogP contribution is 2.37. The van der Waals surface area contributed by atoms with Crippen LogP contribution < -0.4 is 5.32 Å². The lowest BCUT2D eigenvalue weighted by molar-refractivity contribution is 0.0913. The molecule has 0 saturated heterocycles. The molecule has 1 unspecified atom stereocenters. The van der Waals surface area contributed by atoms with Gasteiger partial charge in [-0.2, -0.15) is 5.10 Å². The third-order valence-electron chi connectivity index (χ3n) is 5.99. The SMILES string of the molecule is Cc1c(C(=O)NC(C)C2CCCCC2)nn(-c2ccc(Cl)cc2Cl)c1-c1cc(Br)cs1. The quantitative estimate of drug-likeness (QED) is 0.360. The fourth-order valence-corrected chi connectivity index (χ4v) is 6.30. The Hall–Kier alpha value is -1.34. The average Bonchev–Trinajstić information content (AvgIpc) is 3.31. The van der Waals surface area contributed by atoms with Crippen LogP contribution in [0.2, 0.25) is 10.0 Å². The Balaban J connectivity index is 1.73. The fraction of sp³-hybridized carbons (Fsp3) is 0.391. The summed E-state index contributed by atoms with van der Waals surface area (Å²) in [4.78, 5) is 14.2. The molecule has 1 fully saturated rings. The number of hydrogen-bond acceptors (Lipinski definition) is 3. The third kappa shape index (κ3) is 4.87. The summed E-state index contributed by atoms with van der Waals surface area (Å²) in [7, 11) is 0. The number of halogens is 3. The monoisotopic (exact) mass is 539 g/mol. The van der Waals surface area contributed by atoms with Crippen LogP contribution in [-0.2, 0) is 0 Å². The van der Waals surface area contributed by atoms with Gasteiger partial charge in [0.1, 0.15) is 0 Å². The van der Waals surface area contributed by atoms with Crippen molar-refractivity contribution in [1.29, 1.82) is 0 Å². The third-order valence-corrected chi connectivity index (χ3v) is 8.23. The summed E-state index contributed by atoms with van der Waals surface area (Å²) in [5, 5.41) is 11.0. The molecule has 4 nitrogen and oxygen atoms in total. The molecule has 2 aromatic heterocycles. The molecular weight excluding hydrogens is 517 g/mol. The molecule has 1 aliphatic rings. The Morgan fingerprint density at radius 2 is 2.00 bits per heavy atom. The van der Waals surface area contributed by atoms with E-state index >= 15 is 0 Å². The molecule has 0 radical (unpaired) electrons. The van der Waals surface area contributed by atoms with Crippen LogP contribution in [0.25, 0.3) is 16.3 Å². The van der Waals surface area contributed by atoms with Gasteiger partial charge in [-0.3, -0.25) is 4.79 Å². The number of carbonyl (C=O) groups excluding carboxylic acids is 1. The van der Waals surface area contributed by atoms with E-state index in [0.717, 1.165) is 20.6 Å². The van der Waals surface area contributed by atoms with Crippen LogP contribution in [0.1, 0.15) is 55.1 Å². The van der Waals surface area contributed by atoms with Gasteiger partial charge >= 0.3 is 0 Å². The van der Waals surface area contributed by atoms with Gasteiger partial charge in [-0.15, -0.1) is 11.3 Å².